The predicted octanol–water partition coefficient (Wildman–Crippen LogP) is 3.89. The first-order valence-electron chi connectivity index (χ1n) is 12.0. The average Bonchev–Trinajstić information content (AvgIpc) is 3.24. The highest BCUT2D eigenvalue weighted by atomic mass is 16.5. The van der Waals surface area contributed by atoms with Gasteiger partial charge in [0.05, 0.1) is 31.9 Å². The number of aromatic amines is 1. The van der Waals surface area contributed by atoms with Gasteiger partial charge in [0.1, 0.15) is 5.75 Å². The normalized spacial score (nSPS) is 21.0. The van der Waals surface area contributed by atoms with Crippen molar-refractivity contribution in [2.45, 2.75) is 43.9 Å². The fraction of sp³-hybridized carbons (Fsp3) is 0.500. The number of pyridine rings is 1. The van der Waals surface area contributed by atoms with E-state index >= 15 is 0 Å². The second-order valence-corrected chi connectivity index (χ2v) is 9.37. The van der Waals surface area contributed by atoms with E-state index in [-0.39, 0.29) is 11.8 Å². The highest BCUT2D eigenvalue weighted by Gasteiger charge is 2.44. The van der Waals surface area contributed by atoms with E-state index in [1.807, 2.05) is 24.5 Å². The number of H-pyrrole nitrogens is 1. The van der Waals surface area contributed by atoms with Crippen LogP contribution in [0.25, 0.3) is 11.0 Å². The van der Waals surface area contributed by atoms with Crippen LogP contribution in [-0.4, -0.2) is 59.4 Å². The quantitative estimate of drug-likeness (QED) is 0.641. The summed E-state index contributed by atoms with van der Waals surface area (Å²) in [5.74, 6) is 1.31. The van der Waals surface area contributed by atoms with Crippen LogP contribution in [0.2, 0.25) is 0 Å². The number of aromatic nitrogens is 3. The molecule has 33 heavy (non-hydrogen) atoms. The summed E-state index contributed by atoms with van der Waals surface area (Å²) in [5.41, 5.74) is 2.66. The van der Waals surface area contributed by atoms with E-state index in [9.17, 15) is 4.79 Å². The Morgan fingerprint density at radius 3 is 2.82 bits per heavy atom. The van der Waals surface area contributed by atoms with Gasteiger partial charge in [-0.05, 0) is 48.6 Å². The number of nitrogens with zero attached hydrogens (tertiary/aromatic N) is 3. The molecule has 0 spiro atoms. The van der Waals surface area contributed by atoms with Crippen LogP contribution in [0.15, 0.2) is 42.7 Å². The van der Waals surface area contributed by atoms with Crippen molar-refractivity contribution in [1.29, 1.82) is 0 Å². The Hall–Kier alpha value is -2.93. The minimum Gasteiger partial charge on any atom is -0.497 e. The maximum Gasteiger partial charge on any atom is 0.233 e. The molecule has 7 nitrogen and oxygen atoms in total. The first kappa shape index (κ1) is 21.9. The maximum atomic E-state index is 14.2. The molecule has 2 aliphatic rings. The summed E-state index contributed by atoms with van der Waals surface area (Å²) in [4.78, 5) is 20.6. The van der Waals surface area contributed by atoms with Crippen molar-refractivity contribution in [1.82, 2.24) is 20.1 Å². The van der Waals surface area contributed by atoms with Crippen LogP contribution in [0.1, 0.15) is 43.2 Å². The number of carbonyl (C=O) groups is 1. The largest absolute Gasteiger partial charge is 0.497 e. The van der Waals surface area contributed by atoms with Gasteiger partial charge in [-0.15, -0.1) is 0 Å². The van der Waals surface area contributed by atoms with Crippen LogP contribution in [-0.2, 0) is 21.4 Å². The average molecular weight is 449 g/mol. The first-order valence-corrected chi connectivity index (χ1v) is 12.0. The van der Waals surface area contributed by atoms with Crippen LogP contribution in [0.5, 0.6) is 5.75 Å². The van der Waals surface area contributed by atoms with Crippen LogP contribution in [0.3, 0.4) is 0 Å². The van der Waals surface area contributed by atoms with Crippen molar-refractivity contribution < 1.29 is 14.3 Å². The molecule has 1 amide bonds. The Kier molecular flexibility index (Phi) is 6.31. The Balaban J connectivity index is 1.39. The van der Waals surface area contributed by atoms with Crippen molar-refractivity contribution in [2.75, 3.05) is 33.4 Å². The lowest BCUT2D eigenvalue weighted by Crippen LogP contribution is -2.50. The lowest BCUT2D eigenvalue weighted by Gasteiger charge is -2.40. The minimum atomic E-state index is -0.450. The van der Waals surface area contributed by atoms with Gasteiger partial charge in [-0.3, -0.25) is 9.89 Å². The van der Waals surface area contributed by atoms with Crippen molar-refractivity contribution in [3.63, 3.8) is 0 Å². The van der Waals surface area contributed by atoms with Crippen molar-refractivity contribution >= 4 is 16.9 Å². The molecule has 0 bridgehead atoms. The van der Waals surface area contributed by atoms with Gasteiger partial charge >= 0.3 is 0 Å². The lowest BCUT2D eigenvalue weighted by molar-refractivity contribution is -0.139. The fourth-order valence-corrected chi connectivity index (χ4v) is 5.58. The summed E-state index contributed by atoms with van der Waals surface area (Å²) >= 11 is 0. The molecule has 1 aromatic carbocycles. The molecule has 5 rings (SSSR count). The second kappa shape index (κ2) is 9.51. The molecular formula is C26H32N4O3. The van der Waals surface area contributed by atoms with Crippen molar-refractivity contribution in [3.8, 4) is 5.75 Å². The topological polar surface area (TPSA) is 80.3 Å². The number of carbonyl (C=O) groups excluding carboxylic acids is 1. The summed E-state index contributed by atoms with van der Waals surface area (Å²) < 4.78 is 11.3. The Labute approximate surface area is 194 Å². The Bertz CT molecular complexity index is 1090. The zero-order valence-corrected chi connectivity index (χ0v) is 19.3. The number of ether oxygens (including phenoxy) is 2. The molecule has 174 valence electrons. The first-order chi connectivity index (χ1) is 16.2. The summed E-state index contributed by atoms with van der Waals surface area (Å²) in [6.45, 7) is 2.59. The molecule has 1 N–H and O–H groups in total. The molecule has 1 unspecified atom stereocenters. The van der Waals surface area contributed by atoms with E-state index in [1.165, 1.54) is 12.0 Å². The van der Waals surface area contributed by atoms with Crippen molar-refractivity contribution in [2.24, 2.45) is 5.92 Å². The zero-order chi connectivity index (χ0) is 22.7. The smallest absolute Gasteiger partial charge is 0.233 e. The molecule has 1 atom stereocenters. The van der Waals surface area contributed by atoms with Gasteiger partial charge in [0.15, 0.2) is 5.65 Å². The third-order valence-corrected chi connectivity index (χ3v) is 7.34. The summed E-state index contributed by atoms with van der Waals surface area (Å²) in [6.07, 6.45) is 9.65. The Morgan fingerprint density at radius 2 is 2.03 bits per heavy atom. The van der Waals surface area contributed by atoms with E-state index in [2.05, 4.69) is 38.3 Å². The fourth-order valence-electron chi connectivity index (χ4n) is 5.58. The summed E-state index contributed by atoms with van der Waals surface area (Å²) in [7, 11) is 1.67. The van der Waals surface area contributed by atoms with E-state index in [1.54, 1.807) is 7.11 Å². The lowest BCUT2D eigenvalue weighted by atomic mass is 9.68. The number of amides is 1. The molecule has 3 heterocycles. The molecule has 0 radical (unpaired) electrons. The van der Waals surface area contributed by atoms with Crippen LogP contribution >= 0.6 is 0 Å². The summed E-state index contributed by atoms with van der Waals surface area (Å²) in [5, 5.41) is 8.13. The van der Waals surface area contributed by atoms with Gasteiger partial charge in [-0.2, -0.15) is 5.10 Å². The SMILES string of the molecule is COc1ccc(C2(C(=O)N3CCOCC(Cc4ccnc5[nH]ncc45)C3)CCCCC2)cc1. The highest BCUT2D eigenvalue weighted by molar-refractivity contribution is 5.88. The van der Waals surface area contributed by atoms with Gasteiger partial charge in [-0.1, -0.05) is 31.4 Å². The number of methoxy groups -OCH3 is 1. The van der Waals surface area contributed by atoms with Gasteiger partial charge < -0.3 is 14.4 Å². The van der Waals surface area contributed by atoms with Gasteiger partial charge in [0, 0.05) is 30.6 Å². The molecule has 2 fully saturated rings. The molecule has 7 heteroatoms. The second-order valence-electron chi connectivity index (χ2n) is 9.37. The van der Waals surface area contributed by atoms with E-state index in [0.717, 1.165) is 54.5 Å². The number of hydrogen-bond acceptors (Lipinski definition) is 5. The van der Waals surface area contributed by atoms with Crippen LogP contribution in [0, 0.1) is 5.92 Å². The molecule has 1 aliphatic heterocycles. The van der Waals surface area contributed by atoms with E-state index in [4.69, 9.17) is 9.47 Å². The summed E-state index contributed by atoms with van der Waals surface area (Å²) in [6, 6.07) is 10.2. The van der Waals surface area contributed by atoms with Crippen LogP contribution in [0.4, 0.5) is 0 Å². The number of rotatable bonds is 5. The number of benzene rings is 1. The third-order valence-electron chi connectivity index (χ3n) is 7.34. The molecule has 2 aromatic heterocycles. The highest BCUT2D eigenvalue weighted by Crippen LogP contribution is 2.42. The standard InChI is InChI=1S/C26H32N4O3/c1-32-22-7-5-21(6-8-22)26(10-3-2-4-11-26)25(31)30-13-14-33-18-19(17-30)15-20-9-12-27-24-23(20)16-28-29-24/h5-9,12,16,19H,2-4,10-11,13-15,17-18H2,1H3,(H,27,28,29). The number of hydrogen-bond donors (Lipinski definition) is 1. The molecule has 1 aliphatic carbocycles. The Morgan fingerprint density at radius 1 is 1.21 bits per heavy atom. The zero-order valence-electron chi connectivity index (χ0n) is 19.3. The van der Waals surface area contributed by atoms with Gasteiger partial charge in [0.2, 0.25) is 5.91 Å². The van der Waals surface area contributed by atoms with Crippen molar-refractivity contribution in [3.05, 3.63) is 53.9 Å². The maximum absolute atomic E-state index is 14.2. The molecule has 3 aromatic rings. The number of nitrogens with one attached hydrogen (secondary N) is 1. The monoisotopic (exact) mass is 448 g/mol. The molecular weight excluding hydrogens is 416 g/mol. The van der Waals surface area contributed by atoms with Gasteiger partial charge in [0.25, 0.3) is 0 Å². The number of fused-ring (bicyclic) bond motifs is 1. The minimum absolute atomic E-state index is 0.230. The predicted molar refractivity (Wildman–Crippen MR) is 126 cm³/mol. The third kappa shape index (κ3) is 4.34. The van der Waals surface area contributed by atoms with Crippen LogP contribution < -0.4 is 4.74 Å². The molecule has 1 saturated carbocycles. The molecule has 1 saturated heterocycles. The van der Waals surface area contributed by atoms with E-state index < -0.39 is 5.41 Å². The van der Waals surface area contributed by atoms with Gasteiger partial charge in [-0.25, -0.2) is 4.98 Å². The van der Waals surface area contributed by atoms with E-state index in [0.29, 0.717) is 26.3 Å².